The Morgan fingerprint density at radius 2 is 1.03 bits per heavy atom. The van der Waals surface area contributed by atoms with Crippen molar-refractivity contribution in [2.75, 3.05) is 6.61 Å². The van der Waals surface area contributed by atoms with Crippen molar-refractivity contribution in [3.8, 4) is 0 Å². The van der Waals surface area contributed by atoms with Gasteiger partial charge in [-0.2, -0.15) is 8.42 Å². The fourth-order valence-electron chi connectivity index (χ4n) is 5.04. The molecule has 0 N–H and O–H groups in total. The Balaban J connectivity index is 0.00000481. The van der Waals surface area contributed by atoms with Crippen LogP contribution in [-0.4, -0.2) is 15.0 Å². The van der Waals surface area contributed by atoms with Crippen LogP contribution >= 0.6 is 0 Å². The predicted molar refractivity (Wildman–Crippen MR) is 154 cm³/mol. The SMILES string of the molecule is CCCCCCCCCCCCCCCCCCOS(=O)(=O)c1cccc2cc3ccccc3cc12.[Zr]. The van der Waals surface area contributed by atoms with Crippen molar-refractivity contribution in [3.05, 3.63) is 54.6 Å². The van der Waals surface area contributed by atoms with Crippen molar-refractivity contribution in [2.24, 2.45) is 0 Å². The van der Waals surface area contributed by atoms with E-state index in [1.807, 2.05) is 42.5 Å². The number of benzene rings is 3. The third kappa shape index (κ3) is 11.3. The largest absolute Gasteiger partial charge is 0.297 e. The molecule has 0 heterocycles. The van der Waals surface area contributed by atoms with E-state index in [1.165, 1.54) is 83.5 Å². The summed E-state index contributed by atoms with van der Waals surface area (Å²) in [5.41, 5.74) is 0. The molecule has 0 aliphatic carbocycles. The molecule has 0 aliphatic rings. The van der Waals surface area contributed by atoms with E-state index < -0.39 is 10.1 Å². The summed E-state index contributed by atoms with van der Waals surface area (Å²) < 4.78 is 31.3. The molecule has 3 aromatic carbocycles. The molecule has 0 saturated carbocycles. The molecule has 0 spiro atoms. The fraction of sp³-hybridized carbons (Fsp3) is 0.562. The van der Waals surface area contributed by atoms with Gasteiger partial charge in [-0.25, -0.2) is 0 Å². The molecule has 37 heavy (non-hydrogen) atoms. The van der Waals surface area contributed by atoms with Crippen LogP contribution in [0.25, 0.3) is 21.5 Å². The zero-order chi connectivity index (χ0) is 25.5. The minimum absolute atomic E-state index is 0. The summed E-state index contributed by atoms with van der Waals surface area (Å²) in [7, 11) is -3.78. The summed E-state index contributed by atoms with van der Waals surface area (Å²) in [6.07, 6.45) is 20.8. The minimum atomic E-state index is -3.78. The van der Waals surface area contributed by atoms with E-state index in [1.54, 1.807) is 12.1 Å². The van der Waals surface area contributed by atoms with Gasteiger partial charge in [0.15, 0.2) is 0 Å². The Kier molecular flexibility index (Phi) is 15.9. The van der Waals surface area contributed by atoms with Gasteiger partial charge in [0.25, 0.3) is 10.1 Å². The molecular formula is C32H46O3SZr. The van der Waals surface area contributed by atoms with E-state index in [9.17, 15) is 8.42 Å². The molecule has 0 aliphatic heterocycles. The summed E-state index contributed by atoms with van der Waals surface area (Å²) in [6, 6.07) is 17.4. The number of hydrogen-bond donors (Lipinski definition) is 0. The third-order valence-corrected chi connectivity index (χ3v) is 8.58. The monoisotopic (exact) mass is 600 g/mol. The van der Waals surface area contributed by atoms with Crippen LogP contribution in [0.4, 0.5) is 0 Å². The molecule has 0 atom stereocenters. The minimum Gasteiger partial charge on any atom is -0.266 e. The van der Waals surface area contributed by atoms with Crippen molar-refractivity contribution in [2.45, 2.75) is 115 Å². The maximum absolute atomic E-state index is 12.9. The zero-order valence-corrected chi connectivity index (χ0v) is 26.1. The normalized spacial score (nSPS) is 11.7. The molecular weight excluding hydrogens is 556 g/mol. The van der Waals surface area contributed by atoms with Crippen molar-refractivity contribution in [1.29, 1.82) is 0 Å². The van der Waals surface area contributed by atoms with Gasteiger partial charge in [-0.05, 0) is 40.8 Å². The molecule has 0 bridgehead atoms. The second-order valence-corrected chi connectivity index (χ2v) is 11.8. The molecule has 202 valence electrons. The Labute approximate surface area is 245 Å². The number of rotatable bonds is 19. The summed E-state index contributed by atoms with van der Waals surface area (Å²) in [4.78, 5) is 0.266. The molecule has 0 saturated heterocycles. The average molecular weight is 602 g/mol. The molecule has 0 unspecified atom stereocenters. The summed E-state index contributed by atoms with van der Waals surface area (Å²) in [6.45, 7) is 2.53. The van der Waals surface area contributed by atoms with Crippen molar-refractivity contribution >= 4 is 31.7 Å². The number of unbranched alkanes of at least 4 members (excludes halogenated alkanes) is 15. The van der Waals surface area contributed by atoms with Gasteiger partial charge in [-0.15, -0.1) is 0 Å². The Morgan fingerprint density at radius 3 is 1.57 bits per heavy atom. The average Bonchev–Trinajstić information content (AvgIpc) is 2.88. The van der Waals surface area contributed by atoms with Gasteiger partial charge in [-0.3, -0.25) is 4.18 Å². The van der Waals surface area contributed by atoms with Crippen LogP contribution in [0.15, 0.2) is 59.5 Å². The van der Waals surface area contributed by atoms with Crippen molar-refractivity contribution in [1.82, 2.24) is 0 Å². The van der Waals surface area contributed by atoms with Crippen LogP contribution in [0.2, 0.25) is 0 Å². The topological polar surface area (TPSA) is 43.4 Å². The van der Waals surface area contributed by atoms with Crippen LogP contribution in [-0.2, 0) is 40.5 Å². The van der Waals surface area contributed by atoms with Gasteiger partial charge in [-0.1, -0.05) is 140 Å². The molecule has 5 heteroatoms. The van der Waals surface area contributed by atoms with E-state index >= 15 is 0 Å². The maximum Gasteiger partial charge on any atom is 0.297 e. The van der Waals surface area contributed by atoms with Crippen LogP contribution < -0.4 is 0 Å². The molecule has 0 aromatic heterocycles. The van der Waals surface area contributed by atoms with E-state index in [2.05, 4.69) is 6.92 Å². The van der Waals surface area contributed by atoms with E-state index in [-0.39, 0.29) is 37.7 Å². The van der Waals surface area contributed by atoms with Gasteiger partial charge < -0.3 is 0 Å². The summed E-state index contributed by atoms with van der Waals surface area (Å²) in [5, 5.41) is 3.78. The second-order valence-electron chi connectivity index (χ2n) is 10.3. The third-order valence-electron chi connectivity index (χ3n) is 7.21. The molecule has 3 rings (SSSR count). The van der Waals surface area contributed by atoms with Crippen LogP contribution in [0, 0.1) is 0 Å². The summed E-state index contributed by atoms with van der Waals surface area (Å²) in [5.74, 6) is 0. The van der Waals surface area contributed by atoms with E-state index in [0.29, 0.717) is 0 Å². The van der Waals surface area contributed by atoms with Crippen LogP contribution in [0.5, 0.6) is 0 Å². The first-order valence-electron chi connectivity index (χ1n) is 14.4. The molecule has 0 radical (unpaired) electrons. The van der Waals surface area contributed by atoms with Crippen molar-refractivity contribution in [3.63, 3.8) is 0 Å². The van der Waals surface area contributed by atoms with Crippen LogP contribution in [0.1, 0.15) is 110 Å². The number of hydrogen-bond acceptors (Lipinski definition) is 3. The first-order valence-corrected chi connectivity index (χ1v) is 15.8. The smallest absolute Gasteiger partial charge is 0.266 e. The number of fused-ring (bicyclic) bond motifs is 2. The molecule has 0 fully saturated rings. The van der Waals surface area contributed by atoms with Gasteiger partial charge in [0.1, 0.15) is 4.90 Å². The fourth-order valence-corrected chi connectivity index (χ4v) is 6.19. The standard InChI is InChI=1S/C32H46O3S.Zr/c1-2-3-4-5-6-7-8-9-10-11-12-13-14-15-16-19-25-35-36(33,34)32-24-20-23-30-26-28-21-17-18-22-29(28)27-31(30)32;/h17-18,20-24,26-27H,2-16,19,25H2,1H3;. The van der Waals surface area contributed by atoms with E-state index in [4.69, 9.17) is 4.18 Å². The van der Waals surface area contributed by atoms with Crippen molar-refractivity contribution < 1.29 is 38.8 Å². The second kappa shape index (κ2) is 18.3. The summed E-state index contributed by atoms with van der Waals surface area (Å²) >= 11 is 0. The van der Waals surface area contributed by atoms with Crippen LogP contribution in [0.3, 0.4) is 0 Å². The zero-order valence-electron chi connectivity index (χ0n) is 22.8. The van der Waals surface area contributed by atoms with Gasteiger partial charge in [0.2, 0.25) is 0 Å². The quantitative estimate of drug-likeness (QED) is 0.0780. The Morgan fingerprint density at radius 1 is 0.568 bits per heavy atom. The maximum atomic E-state index is 12.9. The van der Waals surface area contributed by atoms with Gasteiger partial charge >= 0.3 is 0 Å². The van der Waals surface area contributed by atoms with Gasteiger partial charge in [0, 0.05) is 31.6 Å². The molecule has 3 aromatic rings. The molecule has 3 nitrogen and oxygen atoms in total. The Bertz CT molecular complexity index is 1140. The van der Waals surface area contributed by atoms with E-state index in [0.717, 1.165) is 40.8 Å². The first-order chi connectivity index (χ1) is 17.6. The predicted octanol–water partition coefficient (Wildman–Crippen LogP) is 9.96. The molecule has 0 amide bonds. The first kappa shape index (κ1) is 32.2. The van der Waals surface area contributed by atoms with Gasteiger partial charge in [0.05, 0.1) is 6.61 Å². The Hall–Kier alpha value is -1.03.